The van der Waals surface area contributed by atoms with Crippen molar-refractivity contribution in [1.82, 2.24) is 10.2 Å². The van der Waals surface area contributed by atoms with Gasteiger partial charge in [-0.1, -0.05) is 6.07 Å². The van der Waals surface area contributed by atoms with Gasteiger partial charge in [0, 0.05) is 44.4 Å². The third-order valence-electron chi connectivity index (χ3n) is 3.33. The van der Waals surface area contributed by atoms with Gasteiger partial charge in [-0.05, 0) is 18.6 Å². The van der Waals surface area contributed by atoms with Gasteiger partial charge in [-0.3, -0.25) is 4.90 Å². The summed E-state index contributed by atoms with van der Waals surface area (Å²) in [5.74, 6) is -1.07. The molecule has 1 aromatic rings. The van der Waals surface area contributed by atoms with Gasteiger partial charge in [0.05, 0.1) is 0 Å². The zero-order valence-corrected chi connectivity index (χ0v) is 11.4. The number of nitrogens with zero attached hydrogens (tertiary/aromatic N) is 1. The molecule has 0 saturated carbocycles. The second-order valence-corrected chi connectivity index (χ2v) is 4.45. The summed E-state index contributed by atoms with van der Waals surface area (Å²) in [6.45, 7) is 3.00. The summed E-state index contributed by atoms with van der Waals surface area (Å²) in [5, 5.41) is 12.3. The predicted molar refractivity (Wildman–Crippen MR) is 72.5 cm³/mol. The first kappa shape index (κ1) is 16.3. The van der Waals surface area contributed by atoms with Gasteiger partial charge in [0.1, 0.15) is 11.6 Å². The lowest BCUT2D eigenvalue weighted by molar-refractivity contribution is 0.135. The molecule has 1 aromatic carbocycles. The summed E-state index contributed by atoms with van der Waals surface area (Å²) in [6, 6.07) is 3.51. The normalized spacial score (nSPS) is 17.8. The van der Waals surface area contributed by atoms with Crippen LogP contribution >= 0.6 is 12.4 Å². The van der Waals surface area contributed by atoms with Crippen LogP contribution in [-0.2, 0) is 0 Å². The maximum atomic E-state index is 13.8. The molecule has 1 fully saturated rings. The Bertz CT molecular complexity index is 380. The Hall–Kier alpha value is -0.750. The molecule has 1 atom stereocenters. The lowest BCUT2D eigenvalue weighted by atomic mass is 10.00. The molecule has 19 heavy (non-hydrogen) atoms. The number of piperazine rings is 1. The number of nitrogens with one attached hydrogen (secondary N) is 1. The number of halogens is 3. The minimum atomic E-state index is -0.535. The topological polar surface area (TPSA) is 35.5 Å². The number of benzene rings is 1. The highest BCUT2D eigenvalue weighted by molar-refractivity contribution is 5.85. The fraction of sp³-hybridized carbons (Fsp3) is 0.538. The van der Waals surface area contributed by atoms with E-state index in [0.717, 1.165) is 26.2 Å². The first-order chi connectivity index (χ1) is 8.74. The van der Waals surface area contributed by atoms with Crippen molar-refractivity contribution in [3.05, 3.63) is 35.4 Å². The van der Waals surface area contributed by atoms with Crippen molar-refractivity contribution in [2.24, 2.45) is 0 Å². The number of aliphatic hydroxyl groups excluding tert-OH is 1. The zero-order valence-electron chi connectivity index (χ0n) is 10.6. The minimum Gasteiger partial charge on any atom is -0.396 e. The molecule has 1 aliphatic rings. The lowest BCUT2D eigenvalue weighted by Crippen LogP contribution is -2.45. The SMILES string of the molecule is Cl.OCC[C@@H](c1c(F)cccc1F)N1CCNCC1. The molecule has 3 nitrogen and oxygen atoms in total. The van der Waals surface area contributed by atoms with Crippen molar-refractivity contribution < 1.29 is 13.9 Å². The molecule has 0 radical (unpaired) electrons. The summed E-state index contributed by atoms with van der Waals surface area (Å²) < 4.78 is 27.6. The van der Waals surface area contributed by atoms with Gasteiger partial charge in [-0.15, -0.1) is 12.4 Å². The van der Waals surface area contributed by atoms with E-state index in [1.165, 1.54) is 18.2 Å². The molecule has 1 aliphatic heterocycles. The summed E-state index contributed by atoms with van der Waals surface area (Å²) in [5.41, 5.74) is 0.0773. The predicted octanol–water partition coefficient (Wildman–Crippen LogP) is 1.72. The quantitative estimate of drug-likeness (QED) is 0.887. The zero-order chi connectivity index (χ0) is 13.0. The largest absolute Gasteiger partial charge is 0.396 e. The molecule has 6 heteroatoms. The van der Waals surface area contributed by atoms with Crippen molar-refractivity contribution in [1.29, 1.82) is 0 Å². The van der Waals surface area contributed by atoms with Gasteiger partial charge in [0.2, 0.25) is 0 Å². The Balaban J connectivity index is 0.00000180. The second-order valence-electron chi connectivity index (χ2n) is 4.45. The van der Waals surface area contributed by atoms with E-state index in [2.05, 4.69) is 5.32 Å². The monoisotopic (exact) mass is 292 g/mol. The average molecular weight is 293 g/mol. The van der Waals surface area contributed by atoms with E-state index in [0.29, 0.717) is 6.42 Å². The van der Waals surface area contributed by atoms with Crippen LogP contribution in [-0.4, -0.2) is 42.8 Å². The van der Waals surface area contributed by atoms with Crippen LogP contribution in [0.5, 0.6) is 0 Å². The Morgan fingerprint density at radius 3 is 2.32 bits per heavy atom. The standard InChI is InChI=1S/C13H18F2N2O.ClH/c14-10-2-1-3-11(15)13(10)12(4-9-18)17-7-5-16-6-8-17;/h1-3,12,16,18H,4-9H2;1H/t12-;/m0./s1. The van der Waals surface area contributed by atoms with Crippen LogP contribution in [0.25, 0.3) is 0 Å². The number of rotatable bonds is 4. The van der Waals surface area contributed by atoms with E-state index < -0.39 is 17.7 Å². The fourth-order valence-electron chi connectivity index (χ4n) is 2.45. The Morgan fingerprint density at radius 2 is 1.79 bits per heavy atom. The van der Waals surface area contributed by atoms with Crippen LogP contribution in [0.2, 0.25) is 0 Å². The summed E-state index contributed by atoms with van der Waals surface area (Å²) in [7, 11) is 0. The van der Waals surface area contributed by atoms with Gasteiger partial charge in [-0.2, -0.15) is 0 Å². The molecule has 1 heterocycles. The van der Waals surface area contributed by atoms with Crippen molar-refractivity contribution in [3.63, 3.8) is 0 Å². The maximum absolute atomic E-state index is 13.8. The molecule has 108 valence electrons. The highest BCUT2D eigenvalue weighted by Gasteiger charge is 2.26. The molecule has 2 N–H and O–H groups in total. The molecular weight excluding hydrogens is 274 g/mol. The van der Waals surface area contributed by atoms with Crippen LogP contribution < -0.4 is 5.32 Å². The van der Waals surface area contributed by atoms with Crippen LogP contribution in [0.3, 0.4) is 0 Å². The van der Waals surface area contributed by atoms with Crippen LogP contribution in [0.4, 0.5) is 8.78 Å². The van der Waals surface area contributed by atoms with Crippen LogP contribution in [0.15, 0.2) is 18.2 Å². The van der Waals surface area contributed by atoms with Crippen LogP contribution in [0, 0.1) is 11.6 Å². The maximum Gasteiger partial charge on any atom is 0.130 e. The summed E-state index contributed by atoms with van der Waals surface area (Å²) >= 11 is 0. The third kappa shape index (κ3) is 3.86. The molecule has 0 unspecified atom stereocenters. The van der Waals surface area contributed by atoms with Crippen molar-refractivity contribution in [3.8, 4) is 0 Å². The van der Waals surface area contributed by atoms with E-state index in [4.69, 9.17) is 5.11 Å². The summed E-state index contributed by atoms with van der Waals surface area (Å²) in [6.07, 6.45) is 0.345. The molecule has 0 aliphatic carbocycles. The molecule has 0 bridgehead atoms. The molecule has 0 aromatic heterocycles. The van der Waals surface area contributed by atoms with Gasteiger partial charge >= 0.3 is 0 Å². The van der Waals surface area contributed by atoms with E-state index >= 15 is 0 Å². The molecule has 0 spiro atoms. The van der Waals surface area contributed by atoms with E-state index in [9.17, 15) is 8.78 Å². The highest BCUT2D eigenvalue weighted by atomic mass is 35.5. The van der Waals surface area contributed by atoms with Crippen molar-refractivity contribution in [2.45, 2.75) is 12.5 Å². The fourth-order valence-corrected chi connectivity index (χ4v) is 2.45. The Labute approximate surface area is 118 Å². The number of hydrogen-bond acceptors (Lipinski definition) is 3. The molecular formula is C13H19ClF2N2O. The minimum absolute atomic E-state index is 0. The van der Waals surface area contributed by atoms with E-state index in [1.54, 1.807) is 0 Å². The molecule has 0 amide bonds. The molecule has 1 saturated heterocycles. The first-order valence-electron chi connectivity index (χ1n) is 6.23. The van der Waals surface area contributed by atoms with E-state index in [-0.39, 0.29) is 24.6 Å². The van der Waals surface area contributed by atoms with Crippen molar-refractivity contribution >= 4 is 12.4 Å². The number of aliphatic hydroxyl groups is 1. The smallest absolute Gasteiger partial charge is 0.130 e. The van der Waals surface area contributed by atoms with Crippen molar-refractivity contribution in [2.75, 3.05) is 32.8 Å². The summed E-state index contributed by atoms with van der Waals surface area (Å²) in [4.78, 5) is 2.02. The average Bonchev–Trinajstić information content (AvgIpc) is 2.38. The van der Waals surface area contributed by atoms with Gasteiger partial charge in [0.15, 0.2) is 0 Å². The van der Waals surface area contributed by atoms with Gasteiger partial charge < -0.3 is 10.4 Å². The lowest BCUT2D eigenvalue weighted by Gasteiger charge is -2.35. The highest BCUT2D eigenvalue weighted by Crippen LogP contribution is 2.28. The van der Waals surface area contributed by atoms with Crippen LogP contribution in [0.1, 0.15) is 18.0 Å². The Kier molecular flexibility index (Phi) is 6.65. The first-order valence-corrected chi connectivity index (χ1v) is 6.23. The van der Waals surface area contributed by atoms with Gasteiger partial charge in [0.25, 0.3) is 0 Å². The number of hydrogen-bond donors (Lipinski definition) is 2. The Morgan fingerprint density at radius 1 is 1.21 bits per heavy atom. The van der Waals surface area contributed by atoms with Gasteiger partial charge in [-0.25, -0.2) is 8.78 Å². The molecule has 2 rings (SSSR count). The van der Waals surface area contributed by atoms with E-state index in [1.807, 2.05) is 4.90 Å². The second kappa shape index (κ2) is 7.75. The third-order valence-corrected chi connectivity index (χ3v) is 3.33.